The van der Waals surface area contributed by atoms with Crippen LogP contribution >= 0.6 is 11.8 Å². The van der Waals surface area contributed by atoms with Gasteiger partial charge in [0.05, 0.1) is 38.7 Å². The van der Waals surface area contributed by atoms with Crippen molar-refractivity contribution in [3.05, 3.63) is 53.8 Å². The van der Waals surface area contributed by atoms with Gasteiger partial charge < -0.3 is 18.8 Å². The van der Waals surface area contributed by atoms with Crippen LogP contribution in [0.1, 0.15) is 10.4 Å². The molecule has 10 heteroatoms. The van der Waals surface area contributed by atoms with E-state index in [1.165, 1.54) is 31.0 Å². The number of morpholine rings is 1. The van der Waals surface area contributed by atoms with Gasteiger partial charge in [-0.25, -0.2) is 4.39 Å². The Labute approximate surface area is 202 Å². The van der Waals surface area contributed by atoms with Crippen molar-refractivity contribution in [2.45, 2.75) is 11.7 Å². The summed E-state index contributed by atoms with van der Waals surface area (Å²) in [6, 6.07) is 11.3. The highest BCUT2D eigenvalue weighted by molar-refractivity contribution is 7.99. The topological polar surface area (TPSA) is 78.7 Å². The maximum absolute atomic E-state index is 13.5. The number of benzene rings is 2. The molecule has 0 N–H and O–H groups in total. The summed E-state index contributed by atoms with van der Waals surface area (Å²) in [7, 11) is 3.09. The van der Waals surface area contributed by atoms with Crippen LogP contribution in [-0.2, 0) is 11.3 Å². The lowest BCUT2D eigenvalue weighted by molar-refractivity contribution is 0.0361. The Morgan fingerprint density at radius 1 is 1.06 bits per heavy atom. The Morgan fingerprint density at radius 3 is 2.53 bits per heavy atom. The van der Waals surface area contributed by atoms with Crippen molar-refractivity contribution in [1.29, 1.82) is 0 Å². The van der Waals surface area contributed by atoms with E-state index in [0.29, 0.717) is 47.8 Å². The summed E-state index contributed by atoms with van der Waals surface area (Å²) in [5, 5.41) is 9.34. The molecule has 1 fully saturated rings. The quantitative estimate of drug-likeness (QED) is 0.319. The molecule has 4 rings (SSSR count). The van der Waals surface area contributed by atoms with E-state index in [1.807, 2.05) is 4.57 Å². The van der Waals surface area contributed by atoms with E-state index in [0.717, 1.165) is 25.2 Å². The van der Waals surface area contributed by atoms with Gasteiger partial charge in [0, 0.05) is 37.8 Å². The Hall–Kier alpha value is -2.95. The molecule has 0 spiro atoms. The van der Waals surface area contributed by atoms with Gasteiger partial charge in [0.2, 0.25) is 0 Å². The van der Waals surface area contributed by atoms with Crippen molar-refractivity contribution >= 4 is 17.5 Å². The molecular formula is C24H27FN4O4S. The molecule has 0 radical (unpaired) electrons. The fourth-order valence-corrected chi connectivity index (χ4v) is 4.56. The maximum atomic E-state index is 13.5. The number of carbonyl (C=O) groups excluding carboxylic acids is 1. The number of nitrogens with zero attached hydrogens (tertiary/aromatic N) is 4. The molecule has 0 bridgehead atoms. The van der Waals surface area contributed by atoms with E-state index in [1.54, 1.807) is 37.4 Å². The molecule has 1 aliphatic rings. The molecule has 34 heavy (non-hydrogen) atoms. The van der Waals surface area contributed by atoms with Crippen LogP contribution in [0.5, 0.6) is 11.5 Å². The molecule has 2 heterocycles. The second-order valence-corrected chi connectivity index (χ2v) is 8.64. The highest BCUT2D eigenvalue weighted by Gasteiger charge is 2.20. The maximum Gasteiger partial charge on any atom is 0.191 e. The van der Waals surface area contributed by atoms with E-state index in [2.05, 4.69) is 15.1 Å². The average molecular weight is 487 g/mol. The average Bonchev–Trinajstić information content (AvgIpc) is 3.29. The van der Waals surface area contributed by atoms with Crippen molar-refractivity contribution in [3.63, 3.8) is 0 Å². The van der Waals surface area contributed by atoms with Crippen LogP contribution in [0.15, 0.2) is 47.6 Å². The Bertz CT molecular complexity index is 1120. The van der Waals surface area contributed by atoms with Gasteiger partial charge >= 0.3 is 0 Å². The first-order chi connectivity index (χ1) is 16.6. The number of ketones is 1. The van der Waals surface area contributed by atoms with Gasteiger partial charge in [-0.3, -0.25) is 9.69 Å². The number of methoxy groups -OCH3 is 2. The standard InChI is InChI=1S/C24H27FN4O4S/c1-31-19-7-8-20(22(15-19)32-2)21(30)16-34-24-27-26-23(17-3-5-18(25)6-4-17)29(24)10-9-28-11-13-33-14-12-28/h3-8,15H,9-14,16H2,1-2H3. The third-order valence-corrected chi connectivity index (χ3v) is 6.57. The van der Waals surface area contributed by atoms with Gasteiger partial charge in [-0.1, -0.05) is 11.8 Å². The number of thioether (sulfide) groups is 1. The lowest BCUT2D eigenvalue weighted by Crippen LogP contribution is -2.38. The lowest BCUT2D eigenvalue weighted by atomic mass is 10.1. The summed E-state index contributed by atoms with van der Waals surface area (Å²) in [5.41, 5.74) is 1.25. The molecule has 1 aromatic heterocycles. The van der Waals surface area contributed by atoms with E-state index in [-0.39, 0.29) is 17.4 Å². The zero-order valence-corrected chi connectivity index (χ0v) is 20.0. The highest BCUT2D eigenvalue weighted by atomic mass is 32.2. The predicted octanol–water partition coefficient (Wildman–Crippen LogP) is 3.41. The summed E-state index contributed by atoms with van der Waals surface area (Å²) < 4.78 is 31.5. The van der Waals surface area contributed by atoms with Crippen LogP contribution in [0.3, 0.4) is 0 Å². The SMILES string of the molecule is COc1ccc(C(=O)CSc2nnc(-c3ccc(F)cc3)n2CCN2CCOCC2)c(OC)c1. The van der Waals surface area contributed by atoms with Gasteiger partial charge in [-0.2, -0.15) is 0 Å². The molecule has 0 aliphatic carbocycles. The summed E-state index contributed by atoms with van der Waals surface area (Å²) in [6.07, 6.45) is 0. The van der Waals surface area contributed by atoms with E-state index >= 15 is 0 Å². The van der Waals surface area contributed by atoms with Crippen LogP contribution in [0.4, 0.5) is 4.39 Å². The highest BCUT2D eigenvalue weighted by Crippen LogP contribution is 2.28. The minimum absolute atomic E-state index is 0.0874. The molecule has 0 saturated carbocycles. The zero-order chi connectivity index (χ0) is 23.9. The molecule has 8 nitrogen and oxygen atoms in total. The van der Waals surface area contributed by atoms with Crippen LogP contribution in [0, 0.1) is 5.82 Å². The Morgan fingerprint density at radius 2 is 1.82 bits per heavy atom. The molecule has 2 aromatic carbocycles. The largest absolute Gasteiger partial charge is 0.497 e. The van der Waals surface area contributed by atoms with E-state index < -0.39 is 0 Å². The van der Waals surface area contributed by atoms with Gasteiger partial charge in [0.25, 0.3) is 0 Å². The third-order valence-electron chi connectivity index (χ3n) is 5.60. The summed E-state index contributed by atoms with van der Waals surface area (Å²) in [4.78, 5) is 15.3. The monoisotopic (exact) mass is 486 g/mol. The Kier molecular flexibility index (Phi) is 8.15. The van der Waals surface area contributed by atoms with Crippen LogP contribution in [-0.4, -0.2) is 78.3 Å². The second kappa shape index (κ2) is 11.5. The third kappa shape index (κ3) is 5.75. The van der Waals surface area contributed by atoms with Crippen molar-refractivity contribution in [1.82, 2.24) is 19.7 Å². The number of Topliss-reactive ketones (excluding diaryl/α,β-unsaturated/α-hetero) is 1. The molecule has 1 saturated heterocycles. The van der Waals surface area contributed by atoms with Crippen molar-refractivity contribution < 1.29 is 23.4 Å². The van der Waals surface area contributed by atoms with Crippen molar-refractivity contribution in [2.75, 3.05) is 52.8 Å². The minimum Gasteiger partial charge on any atom is -0.497 e. The zero-order valence-electron chi connectivity index (χ0n) is 19.2. The molecule has 0 unspecified atom stereocenters. The first kappa shape index (κ1) is 24.2. The smallest absolute Gasteiger partial charge is 0.191 e. The summed E-state index contributed by atoms with van der Waals surface area (Å²) >= 11 is 1.32. The fraction of sp³-hybridized carbons (Fsp3) is 0.375. The number of carbonyl (C=O) groups is 1. The van der Waals surface area contributed by atoms with Crippen LogP contribution in [0.25, 0.3) is 11.4 Å². The number of hydrogen-bond donors (Lipinski definition) is 0. The van der Waals surface area contributed by atoms with Gasteiger partial charge in [-0.05, 0) is 36.4 Å². The molecule has 0 atom stereocenters. The van der Waals surface area contributed by atoms with Crippen molar-refractivity contribution in [3.8, 4) is 22.9 Å². The second-order valence-electron chi connectivity index (χ2n) is 7.70. The summed E-state index contributed by atoms with van der Waals surface area (Å²) in [5.74, 6) is 1.50. The predicted molar refractivity (Wildman–Crippen MR) is 127 cm³/mol. The first-order valence-electron chi connectivity index (χ1n) is 11.0. The number of halogens is 1. The summed E-state index contributed by atoms with van der Waals surface area (Å²) in [6.45, 7) is 4.60. The Balaban J connectivity index is 1.53. The minimum atomic E-state index is -0.309. The molecule has 0 amide bonds. The molecular weight excluding hydrogens is 459 g/mol. The molecule has 3 aromatic rings. The number of aromatic nitrogens is 3. The normalized spacial score (nSPS) is 14.2. The lowest BCUT2D eigenvalue weighted by Gasteiger charge is -2.27. The number of rotatable bonds is 10. The van der Waals surface area contributed by atoms with Crippen LogP contribution in [0.2, 0.25) is 0 Å². The van der Waals surface area contributed by atoms with Crippen molar-refractivity contribution in [2.24, 2.45) is 0 Å². The van der Waals surface area contributed by atoms with E-state index in [9.17, 15) is 9.18 Å². The fourth-order valence-electron chi connectivity index (χ4n) is 3.71. The van der Waals surface area contributed by atoms with E-state index in [4.69, 9.17) is 14.2 Å². The first-order valence-corrected chi connectivity index (χ1v) is 11.9. The van der Waals surface area contributed by atoms with Crippen LogP contribution < -0.4 is 9.47 Å². The number of hydrogen-bond acceptors (Lipinski definition) is 8. The van der Waals surface area contributed by atoms with Gasteiger partial charge in [0.1, 0.15) is 17.3 Å². The number of ether oxygens (including phenoxy) is 3. The molecule has 1 aliphatic heterocycles. The van der Waals surface area contributed by atoms with Gasteiger partial charge in [0.15, 0.2) is 16.8 Å². The molecule has 180 valence electrons. The van der Waals surface area contributed by atoms with Gasteiger partial charge in [-0.15, -0.1) is 10.2 Å².